The van der Waals surface area contributed by atoms with Crippen molar-refractivity contribution in [1.29, 1.82) is 10.5 Å². The number of nitro benzene ring substituents is 1. The molecule has 0 aliphatic rings. The Labute approximate surface area is 135 Å². The van der Waals surface area contributed by atoms with E-state index in [1.54, 1.807) is 12.1 Å². The number of pyridine rings is 1. The minimum absolute atomic E-state index is 0.0149. The molecule has 0 amide bonds. The van der Waals surface area contributed by atoms with Crippen LogP contribution in [0.2, 0.25) is 0 Å². The second-order valence-electron chi connectivity index (χ2n) is 5.03. The Bertz CT molecular complexity index is 1020. The molecule has 120 valence electrons. The number of nitrogens with one attached hydrogen (secondary N) is 1. The summed E-state index contributed by atoms with van der Waals surface area (Å²) < 4.78 is 0. The van der Waals surface area contributed by atoms with E-state index in [1.165, 1.54) is 19.9 Å². The molecule has 0 fully saturated rings. The molecule has 1 aromatic heterocycles. The minimum Gasteiger partial charge on any atom is -0.507 e. The zero-order valence-electron chi connectivity index (χ0n) is 12.7. The van der Waals surface area contributed by atoms with Crippen LogP contribution in [0.25, 0.3) is 11.1 Å². The molecule has 1 heterocycles. The first-order valence-corrected chi connectivity index (χ1v) is 6.58. The topological polar surface area (TPSA) is 170 Å². The van der Waals surface area contributed by atoms with Crippen molar-refractivity contribution in [2.24, 2.45) is 0 Å². The third-order valence-electron chi connectivity index (χ3n) is 3.64. The molecule has 1 aromatic carbocycles. The molecular formula is C15H11N5O4. The zero-order valence-corrected chi connectivity index (χ0v) is 12.7. The monoisotopic (exact) mass is 325 g/mol. The van der Waals surface area contributed by atoms with Crippen molar-refractivity contribution in [3.8, 4) is 29.0 Å². The third kappa shape index (κ3) is 2.30. The van der Waals surface area contributed by atoms with E-state index in [4.69, 9.17) is 5.73 Å². The molecule has 0 bridgehead atoms. The van der Waals surface area contributed by atoms with Gasteiger partial charge in [0.2, 0.25) is 0 Å². The Hall–Kier alpha value is -3.85. The van der Waals surface area contributed by atoms with E-state index in [-0.39, 0.29) is 45.1 Å². The van der Waals surface area contributed by atoms with Gasteiger partial charge in [0.15, 0.2) is 0 Å². The van der Waals surface area contributed by atoms with Gasteiger partial charge < -0.3 is 15.8 Å². The van der Waals surface area contributed by atoms with Gasteiger partial charge in [-0.25, -0.2) is 0 Å². The Morgan fingerprint density at radius 3 is 2.33 bits per heavy atom. The van der Waals surface area contributed by atoms with Crippen LogP contribution in [0.15, 0.2) is 10.9 Å². The number of rotatable bonds is 2. The van der Waals surface area contributed by atoms with E-state index in [0.29, 0.717) is 0 Å². The lowest BCUT2D eigenvalue weighted by molar-refractivity contribution is -0.385. The summed E-state index contributed by atoms with van der Waals surface area (Å²) in [6.45, 7) is 2.78. The predicted octanol–water partition coefficient (Wildman–Crippen LogP) is 1.60. The van der Waals surface area contributed by atoms with Crippen molar-refractivity contribution in [2.75, 3.05) is 5.73 Å². The molecule has 4 N–H and O–H groups in total. The summed E-state index contributed by atoms with van der Waals surface area (Å²) in [5.74, 6) is -0.657. The largest absolute Gasteiger partial charge is 0.507 e. The highest BCUT2D eigenvalue weighted by Crippen LogP contribution is 2.42. The number of aromatic nitrogens is 1. The average Bonchev–Trinajstić information content (AvgIpc) is 2.51. The summed E-state index contributed by atoms with van der Waals surface area (Å²) in [4.78, 5) is 24.7. The first-order valence-electron chi connectivity index (χ1n) is 6.58. The molecule has 0 spiro atoms. The highest BCUT2D eigenvalue weighted by molar-refractivity contribution is 5.87. The summed E-state index contributed by atoms with van der Waals surface area (Å²) >= 11 is 0. The van der Waals surface area contributed by atoms with Crippen LogP contribution in [0.1, 0.15) is 22.3 Å². The number of nitro groups is 1. The summed E-state index contributed by atoms with van der Waals surface area (Å²) in [5.41, 5.74) is 3.58. The molecule has 0 aliphatic heterocycles. The number of benzene rings is 1. The average molecular weight is 325 g/mol. The second kappa shape index (κ2) is 5.74. The molecule has 2 rings (SSSR count). The van der Waals surface area contributed by atoms with Crippen LogP contribution in [-0.4, -0.2) is 15.0 Å². The van der Waals surface area contributed by atoms with E-state index in [0.717, 1.165) is 0 Å². The van der Waals surface area contributed by atoms with Crippen molar-refractivity contribution in [2.45, 2.75) is 13.8 Å². The van der Waals surface area contributed by atoms with E-state index >= 15 is 0 Å². The molecule has 0 atom stereocenters. The number of H-pyrrole nitrogens is 1. The van der Waals surface area contributed by atoms with Crippen molar-refractivity contribution < 1.29 is 10.0 Å². The molecule has 0 saturated carbocycles. The summed E-state index contributed by atoms with van der Waals surface area (Å²) in [6, 6.07) is 4.58. The van der Waals surface area contributed by atoms with Crippen LogP contribution < -0.4 is 11.3 Å². The van der Waals surface area contributed by atoms with Gasteiger partial charge in [0.05, 0.1) is 4.92 Å². The van der Waals surface area contributed by atoms with Crippen LogP contribution >= 0.6 is 0 Å². The standard InChI is InChI=1S/C15H11N5O4/c1-6-3-10(20(23)24)7(2)11(13(6)21)12-8(4-16)14(18)19-15(22)9(12)5-17/h3,21H,1-2H3,(H3,18,19,22). The van der Waals surface area contributed by atoms with Crippen molar-refractivity contribution in [3.63, 3.8) is 0 Å². The van der Waals surface area contributed by atoms with E-state index in [2.05, 4.69) is 4.98 Å². The number of aryl methyl sites for hydroxylation is 1. The lowest BCUT2D eigenvalue weighted by Gasteiger charge is -2.14. The van der Waals surface area contributed by atoms with Gasteiger partial charge in [0.1, 0.15) is 34.8 Å². The molecule has 0 unspecified atom stereocenters. The van der Waals surface area contributed by atoms with Crippen molar-refractivity contribution in [1.82, 2.24) is 4.98 Å². The Morgan fingerprint density at radius 2 is 1.83 bits per heavy atom. The SMILES string of the molecule is Cc1cc([N+](=O)[O-])c(C)c(-c2c(C#N)c(N)[nH]c(=O)c2C#N)c1O. The lowest BCUT2D eigenvalue weighted by Crippen LogP contribution is -2.16. The van der Waals surface area contributed by atoms with Gasteiger partial charge in [-0.2, -0.15) is 10.5 Å². The fraction of sp³-hybridized carbons (Fsp3) is 0.133. The van der Waals surface area contributed by atoms with Gasteiger partial charge in [-0.3, -0.25) is 14.9 Å². The zero-order chi connectivity index (χ0) is 18.2. The summed E-state index contributed by atoms with van der Waals surface area (Å²) in [6.07, 6.45) is 0. The first-order chi connectivity index (χ1) is 11.2. The fourth-order valence-electron chi connectivity index (χ4n) is 2.47. The van der Waals surface area contributed by atoms with Crippen molar-refractivity contribution in [3.05, 3.63) is 48.8 Å². The van der Waals surface area contributed by atoms with E-state index in [9.17, 15) is 30.5 Å². The number of nitrogens with two attached hydrogens (primary N) is 1. The van der Waals surface area contributed by atoms with Gasteiger partial charge in [-0.1, -0.05) is 0 Å². The number of phenolic OH excluding ortho intramolecular Hbond substituents is 1. The van der Waals surface area contributed by atoms with E-state index < -0.39 is 16.0 Å². The molecule has 9 heteroatoms. The first kappa shape index (κ1) is 16.5. The fourth-order valence-corrected chi connectivity index (χ4v) is 2.47. The summed E-state index contributed by atoms with van der Waals surface area (Å²) in [7, 11) is 0. The van der Waals surface area contributed by atoms with Gasteiger partial charge in [0, 0.05) is 22.8 Å². The second-order valence-corrected chi connectivity index (χ2v) is 5.03. The van der Waals surface area contributed by atoms with Gasteiger partial charge in [-0.15, -0.1) is 0 Å². The van der Waals surface area contributed by atoms with Crippen LogP contribution in [0.4, 0.5) is 11.5 Å². The number of nitrogen functional groups attached to an aromatic ring is 1. The maximum atomic E-state index is 12.0. The Kier molecular flexibility index (Phi) is 3.95. The van der Waals surface area contributed by atoms with Crippen LogP contribution in [0, 0.1) is 46.6 Å². The number of phenols is 1. The molecular weight excluding hydrogens is 314 g/mol. The third-order valence-corrected chi connectivity index (χ3v) is 3.64. The molecule has 9 nitrogen and oxygen atoms in total. The van der Waals surface area contributed by atoms with Crippen LogP contribution in [0.5, 0.6) is 5.75 Å². The number of aromatic amines is 1. The highest BCUT2D eigenvalue weighted by Gasteiger charge is 2.27. The van der Waals surface area contributed by atoms with Crippen molar-refractivity contribution >= 4 is 11.5 Å². The normalized spacial score (nSPS) is 10.0. The van der Waals surface area contributed by atoms with Gasteiger partial charge in [-0.05, 0) is 19.4 Å². The number of anilines is 1. The smallest absolute Gasteiger partial charge is 0.273 e. The van der Waals surface area contributed by atoms with Gasteiger partial charge >= 0.3 is 0 Å². The maximum Gasteiger partial charge on any atom is 0.273 e. The molecule has 0 aliphatic carbocycles. The molecule has 0 radical (unpaired) electrons. The predicted molar refractivity (Wildman–Crippen MR) is 84.1 cm³/mol. The number of nitrogens with zero attached hydrogens (tertiary/aromatic N) is 3. The summed E-state index contributed by atoms with van der Waals surface area (Å²) in [5, 5.41) is 40.2. The van der Waals surface area contributed by atoms with E-state index in [1.807, 2.05) is 0 Å². The lowest BCUT2D eigenvalue weighted by atomic mass is 9.90. The van der Waals surface area contributed by atoms with Gasteiger partial charge in [0.25, 0.3) is 11.2 Å². The Balaban J connectivity index is 3.15. The Morgan fingerprint density at radius 1 is 1.25 bits per heavy atom. The van der Waals surface area contributed by atoms with Crippen LogP contribution in [-0.2, 0) is 0 Å². The molecule has 0 saturated heterocycles. The maximum absolute atomic E-state index is 12.0. The number of hydrogen-bond donors (Lipinski definition) is 3. The highest BCUT2D eigenvalue weighted by atomic mass is 16.6. The number of nitriles is 2. The van der Waals surface area contributed by atoms with Crippen LogP contribution in [0.3, 0.4) is 0 Å². The molecule has 2 aromatic rings. The minimum atomic E-state index is -0.855. The number of aromatic hydroxyl groups is 1. The quantitative estimate of drug-likeness (QED) is 0.555. The molecule has 24 heavy (non-hydrogen) atoms. The number of hydrogen-bond acceptors (Lipinski definition) is 7.